The molecule has 1 atom stereocenters. The van der Waals surface area contributed by atoms with Crippen molar-refractivity contribution in [1.29, 1.82) is 0 Å². The number of rotatable bonds is 6. The molecule has 2 aromatic rings. The van der Waals surface area contributed by atoms with Crippen LogP contribution >= 0.6 is 0 Å². The van der Waals surface area contributed by atoms with Crippen LogP contribution in [0.3, 0.4) is 0 Å². The minimum atomic E-state index is 0.323. The van der Waals surface area contributed by atoms with Crippen molar-refractivity contribution < 1.29 is 0 Å². The fourth-order valence-corrected chi connectivity index (χ4v) is 2.75. The fourth-order valence-electron chi connectivity index (χ4n) is 2.75. The predicted octanol–water partition coefficient (Wildman–Crippen LogP) is 3.32. The van der Waals surface area contributed by atoms with Crippen LogP contribution in [0.15, 0.2) is 30.5 Å². The first-order valence-electron chi connectivity index (χ1n) is 7.38. The van der Waals surface area contributed by atoms with Crippen molar-refractivity contribution in [2.45, 2.75) is 39.7 Å². The van der Waals surface area contributed by atoms with Gasteiger partial charge in [-0.1, -0.05) is 36.2 Å². The summed E-state index contributed by atoms with van der Waals surface area (Å²) in [5.41, 5.74) is 5.30. The van der Waals surface area contributed by atoms with Gasteiger partial charge in [-0.25, -0.2) is 0 Å². The van der Waals surface area contributed by atoms with E-state index in [4.69, 9.17) is 0 Å². The van der Waals surface area contributed by atoms with Crippen molar-refractivity contribution in [1.82, 2.24) is 15.1 Å². The first kappa shape index (κ1) is 14.8. The molecule has 0 saturated carbocycles. The van der Waals surface area contributed by atoms with E-state index in [2.05, 4.69) is 55.5 Å². The van der Waals surface area contributed by atoms with Crippen molar-refractivity contribution in [3.8, 4) is 0 Å². The maximum Gasteiger partial charge on any atom is 0.0553 e. The van der Waals surface area contributed by atoms with Gasteiger partial charge in [0.15, 0.2) is 0 Å². The maximum absolute atomic E-state index is 4.30. The fraction of sp³-hybridized carbons (Fsp3) is 0.471. The van der Waals surface area contributed by atoms with E-state index in [1.807, 2.05) is 17.9 Å². The molecule has 2 rings (SSSR count). The summed E-state index contributed by atoms with van der Waals surface area (Å²) < 4.78 is 1.97. The molecule has 3 nitrogen and oxygen atoms in total. The Morgan fingerprint density at radius 1 is 1.20 bits per heavy atom. The standard InChI is InChI=1S/C17H25N3/c1-5-7-18-16(17-6-8-19-20(17)4)12-15-10-13(2)9-14(3)11-15/h6,8-11,16,18H,5,7,12H2,1-4H3. The number of aromatic nitrogens is 2. The van der Waals surface area contributed by atoms with Crippen molar-refractivity contribution >= 4 is 0 Å². The summed E-state index contributed by atoms with van der Waals surface area (Å²) in [7, 11) is 2.01. The molecular weight excluding hydrogens is 246 g/mol. The minimum absolute atomic E-state index is 0.323. The van der Waals surface area contributed by atoms with Crippen LogP contribution in [0.5, 0.6) is 0 Å². The van der Waals surface area contributed by atoms with Gasteiger partial charge in [-0.3, -0.25) is 4.68 Å². The molecule has 0 fully saturated rings. The molecule has 0 radical (unpaired) electrons. The number of nitrogens with one attached hydrogen (secondary N) is 1. The second-order valence-corrected chi connectivity index (χ2v) is 5.59. The van der Waals surface area contributed by atoms with Crippen LogP contribution in [0, 0.1) is 13.8 Å². The molecule has 1 aromatic carbocycles. The van der Waals surface area contributed by atoms with E-state index in [9.17, 15) is 0 Å². The molecule has 1 N–H and O–H groups in total. The van der Waals surface area contributed by atoms with Gasteiger partial charge in [0, 0.05) is 13.2 Å². The van der Waals surface area contributed by atoms with Gasteiger partial charge in [-0.2, -0.15) is 5.10 Å². The highest BCUT2D eigenvalue weighted by atomic mass is 15.3. The molecule has 0 amide bonds. The Hall–Kier alpha value is -1.61. The lowest BCUT2D eigenvalue weighted by atomic mass is 9.99. The maximum atomic E-state index is 4.30. The molecule has 1 heterocycles. The van der Waals surface area contributed by atoms with E-state index in [0.29, 0.717) is 6.04 Å². The lowest BCUT2D eigenvalue weighted by Crippen LogP contribution is -2.26. The van der Waals surface area contributed by atoms with Gasteiger partial charge in [0.2, 0.25) is 0 Å². The van der Waals surface area contributed by atoms with Crippen LogP contribution < -0.4 is 5.32 Å². The van der Waals surface area contributed by atoms with Gasteiger partial charge < -0.3 is 5.32 Å². The van der Waals surface area contributed by atoms with Crippen LogP contribution in [0.25, 0.3) is 0 Å². The number of nitrogens with zero attached hydrogens (tertiary/aromatic N) is 2. The third-order valence-corrected chi connectivity index (χ3v) is 3.58. The second-order valence-electron chi connectivity index (χ2n) is 5.59. The van der Waals surface area contributed by atoms with Crippen LogP contribution in [-0.4, -0.2) is 16.3 Å². The van der Waals surface area contributed by atoms with Crippen molar-refractivity contribution in [2.24, 2.45) is 7.05 Å². The molecule has 1 unspecified atom stereocenters. The summed E-state index contributed by atoms with van der Waals surface area (Å²) in [5, 5.41) is 7.94. The van der Waals surface area contributed by atoms with Crippen molar-refractivity contribution in [3.05, 3.63) is 52.8 Å². The molecule has 0 spiro atoms. The zero-order chi connectivity index (χ0) is 14.5. The van der Waals surface area contributed by atoms with E-state index in [0.717, 1.165) is 19.4 Å². The first-order valence-corrected chi connectivity index (χ1v) is 7.38. The Labute approximate surface area is 122 Å². The summed E-state index contributed by atoms with van der Waals surface area (Å²) in [6, 6.07) is 9.22. The summed E-state index contributed by atoms with van der Waals surface area (Å²) >= 11 is 0. The van der Waals surface area contributed by atoms with Crippen LogP contribution in [0.4, 0.5) is 0 Å². The van der Waals surface area contributed by atoms with Gasteiger partial charge in [-0.15, -0.1) is 0 Å². The van der Waals surface area contributed by atoms with E-state index < -0.39 is 0 Å². The Bertz CT molecular complexity index is 537. The highest BCUT2D eigenvalue weighted by Gasteiger charge is 2.15. The summed E-state index contributed by atoms with van der Waals surface area (Å²) in [6.45, 7) is 7.55. The molecule has 0 aliphatic heterocycles. The molecule has 3 heteroatoms. The SMILES string of the molecule is CCCNC(Cc1cc(C)cc(C)c1)c1ccnn1C. The minimum Gasteiger partial charge on any atom is -0.308 e. The van der Waals surface area contributed by atoms with Crippen LogP contribution in [-0.2, 0) is 13.5 Å². The van der Waals surface area contributed by atoms with Crippen molar-refractivity contribution in [2.75, 3.05) is 6.54 Å². The van der Waals surface area contributed by atoms with Gasteiger partial charge >= 0.3 is 0 Å². The van der Waals surface area contributed by atoms with E-state index in [-0.39, 0.29) is 0 Å². The third-order valence-electron chi connectivity index (χ3n) is 3.58. The smallest absolute Gasteiger partial charge is 0.0553 e. The van der Waals surface area contributed by atoms with Crippen molar-refractivity contribution in [3.63, 3.8) is 0 Å². The topological polar surface area (TPSA) is 29.9 Å². The molecular formula is C17H25N3. The highest BCUT2D eigenvalue weighted by Crippen LogP contribution is 2.19. The van der Waals surface area contributed by atoms with Gasteiger partial charge in [0.05, 0.1) is 11.7 Å². The summed E-state index contributed by atoms with van der Waals surface area (Å²) in [5.74, 6) is 0. The van der Waals surface area contributed by atoms with Gasteiger partial charge in [0.25, 0.3) is 0 Å². The Morgan fingerprint density at radius 3 is 2.45 bits per heavy atom. The average molecular weight is 271 g/mol. The van der Waals surface area contributed by atoms with Gasteiger partial charge in [-0.05, 0) is 44.9 Å². The normalized spacial score (nSPS) is 12.6. The van der Waals surface area contributed by atoms with E-state index in [1.165, 1.54) is 22.4 Å². The molecule has 0 aliphatic rings. The lowest BCUT2D eigenvalue weighted by Gasteiger charge is -2.19. The monoisotopic (exact) mass is 271 g/mol. The average Bonchev–Trinajstić information content (AvgIpc) is 2.79. The molecule has 108 valence electrons. The van der Waals surface area contributed by atoms with E-state index >= 15 is 0 Å². The molecule has 1 aromatic heterocycles. The number of aryl methyl sites for hydroxylation is 3. The number of benzene rings is 1. The number of hydrogen-bond donors (Lipinski definition) is 1. The first-order chi connectivity index (χ1) is 9.60. The third kappa shape index (κ3) is 3.70. The molecule has 0 bridgehead atoms. The Morgan fingerprint density at radius 2 is 1.90 bits per heavy atom. The largest absolute Gasteiger partial charge is 0.308 e. The molecule has 20 heavy (non-hydrogen) atoms. The highest BCUT2D eigenvalue weighted by molar-refractivity contribution is 5.30. The zero-order valence-electron chi connectivity index (χ0n) is 13.0. The van der Waals surface area contributed by atoms with E-state index in [1.54, 1.807) is 0 Å². The van der Waals surface area contributed by atoms with Crippen LogP contribution in [0.2, 0.25) is 0 Å². The Balaban J connectivity index is 2.21. The summed E-state index contributed by atoms with van der Waals surface area (Å²) in [6.07, 6.45) is 4.01. The second kappa shape index (κ2) is 6.71. The molecule has 0 saturated heterocycles. The quantitative estimate of drug-likeness (QED) is 0.873. The summed E-state index contributed by atoms with van der Waals surface area (Å²) in [4.78, 5) is 0. The van der Waals surface area contributed by atoms with Crippen LogP contribution in [0.1, 0.15) is 41.8 Å². The lowest BCUT2D eigenvalue weighted by molar-refractivity contribution is 0.493. The Kier molecular flexibility index (Phi) is 4.96. The molecule has 0 aliphatic carbocycles. The predicted molar refractivity (Wildman–Crippen MR) is 83.9 cm³/mol. The zero-order valence-corrected chi connectivity index (χ0v) is 13.0. The van der Waals surface area contributed by atoms with Gasteiger partial charge in [0.1, 0.15) is 0 Å². The number of hydrogen-bond acceptors (Lipinski definition) is 2.